The molecule has 2 aromatic rings. The van der Waals surface area contributed by atoms with Crippen LogP contribution in [0.15, 0.2) is 53.4 Å². The molecule has 3 N–H and O–H groups in total. The zero-order valence-corrected chi connectivity index (χ0v) is 14.8. The molecule has 0 amide bonds. The Morgan fingerprint density at radius 3 is 2.20 bits per heavy atom. The number of rotatable bonds is 5. The maximum Gasteiger partial charge on any atom is 0.325 e. The van der Waals surface area contributed by atoms with Crippen LogP contribution in [0.2, 0.25) is 5.02 Å². The molecule has 0 aromatic heterocycles. The highest BCUT2D eigenvalue weighted by Crippen LogP contribution is 2.56. The summed E-state index contributed by atoms with van der Waals surface area (Å²) < 4.78 is 30.9. The summed E-state index contributed by atoms with van der Waals surface area (Å²) >= 11 is 5.79. The van der Waals surface area contributed by atoms with Gasteiger partial charge in [0.05, 0.1) is 12.0 Å². The molecule has 6 nitrogen and oxygen atoms in total. The molecule has 0 heterocycles. The van der Waals surface area contributed by atoms with E-state index >= 15 is 0 Å². The van der Waals surface area contributed by atoms with Crippen molar-refractivity contribution >= 4 is 27.4 Å². The lowest BCUT2D eigenvalue weighted by Crippen LogP contribution is -2.39. The first-order chi connectivity index (χ1) is 11.7. The second kappa shape index (κ2) is 6.01. The van der Waals surface area contributed by atoms with E-state index in [0.29, 0.717) is 16.3 Å². The molecule has 8 heteroatoms. The van der Waals surface area contributed by atoms with E-state index < -0.39 is 32.5 Å². The Hall–Kier alpha value is -2.09. The number of sulfone groups is 1. The first-order valence-corrected chi connectivity index (χ1v) is 9.31. The third-order valence-electron chi connectivity index (χ3n) is 4.50. The van der Waals surface area contributed by atoms with Crippen LogP contribution in [0.4, 0.5) is 0 Å². The van der Waals surface area contributed by atoms with Gasteiger partial charge in [0.25, 0.3) is 0 Å². The Morgan fingerprint density at radius 1 is 1.16 bits per heavy atom. The van der Waals surface area contributed by atoms with Crippen molar-refractivity contribution in [3.05, 3.63) is 59.1 Å². The number of carboxylic acid groups (broad SMARTS) is 1. The molecule has 1 saturated carbocycles. The van der Waals surface area contributed by atoms with Crippen molar-refractivity contribution in [3.63, 3.8) is 0 Å². The van der Waals surface area contributed by atoms with Crippen LogP contribution < -0.4 is 10.5 Å². The Kier molecular flexibility index (Phi) is 4.26. The predicted octanol–water partition coefficient (Wildman–Crippen LogP) is 2.07. The van der Waals surface area contributed by atoms with E-state index in [1.165, 1.54) is 31.4 Å². The van der Waals surface area contributed by atoms with E-state index in [9.17, 15) is 18.3 Å². The minimum Gasteiger partial charge on any atom is -0.497 e. The standard InChI is InChI=1S/C17H16ClNO5S/c1-24-12-6-2-10(3-7-12)14-15(17(14,19)16(20)21)25(22,23)13-8-4-11(18)5-9-13/h2-9,14-15H,19H2,1H3,(H,20,21)/t14-,15+,17-/m1/s1. The monoisotopic (exact) mass is 381 g/mol. The Labute approximate surface area is 150 Å². The van der Waals surface area contributed by atoms with Crippen molar-refractivity contribution in [2.75, 3.05) is 7.11 Å². The van der Waals surface area contributed by atoms with E-state index in [0.717, 1.165) is 0 Å². The van der Waals surface area contributed by atoms with Gasteiger partial charge in [-0.1, -0.05) is 23.7 Å². The van der Waals surface area contributed by atoms with Gasteiger partial charge in [-0.15, -0.1) is 0 Å². The number of hydrogen-bond donors (Lipinski definition) is 2. The molecule has 1 aliphatic rings. The minimum absolute atomic E-state index is 0.00557. The lowest BCUT2D eigenvalue weighted by Gasteiger charge is -2.07. The van der Waals surface area contributed by atoms with E-state index in [-0.39, 0.29) is 4.90 Å². The molecule has 1 fully saturated rings. The van der Waals surface area contributed by atoms with E-state index in [1.807, 2.05) is 0 Å². The summed E-state index contributed by atoms with van der Waals surface area (Å²) in [6, 6.07) is 12.1. The van der Waals surface area contributed by atoms with Crippen molar-refractivity contribution in [2.45, 2.75) is 21.6 Å². The summed E-state index contributed by atoms with van der Waals surface area (Å²) in [5, 5.41) is 8.66. The first kappa shape index (κ1) is 17.7. The molecule has 0 saturated heterocycles. The number of carbonyl (C=O) groups is 1. The molecule has 0 unspecified atom stereocenters. The van der Waals surface area contributed by atoms with Gasteiger partial charge in [-0.25, -0.2) is 8.42 Å². The molecule has 0 spiro atoms. The van der Waals surface area contributed by atoms with Gasteiger partial charge in [-0.2, -0.15) is 0 Å². The zero-order valence-electron chi connectivity index (χ0n) is 13.2. The van der Waals surface area contributed by atoms with Crippen LogP contribution in [-0.4, -0.2) is 37.4 Å². The summed E-state index contributed by atoms with van der Waals surface area (Å²) in [6.07, 6.45) is 0. The number of ether oxygens (including phenoxy) is 1. The highest BCUT2D eigenvalue weighted by molar-refractivity contribution is 7.92. The molecule has 25 heavy (non-hydrogen) atoms. The van der Waals surface area contributed by atoms with Crippen LogP contribution in [0.25, 0.3) is 0 Å². The van der Waals surface area contributed by atoms with Gasteiger partial charge in [0.2, 0.25) is 0 Å². The van der Waals surface area contributed by atoms with Crippen molar-refractivity contribution in [1.82, 2.24) is 0 Å². The van der Waals surface area contributed by atoms with Crippen LogP contribution in [-0.2, 0) is 14.6 Å². The van der Waals surface area contributed by atoms with E-state index in [2.05, 4.69) is 0 Å². The number of nitrogens with two attached hydrogens (primary N) is 1. The van der Waals surface area contributed by atoms with E-state index in [4.69, 9.17) is 22.1 Å². The van der Waals surface area contributed by atoms with Gasteiger partial charge in [0.15, 0.2) is 9.84 Å². The molecule has 2 aromatic carbocycles. The third kappa shape index (κ3) is 2.78. The van der Waals surface area contributed by atoms with Crippen molar-refractivity contribution in [2.24, 2.45) is 5.73 Å². The second-order valence-electron chi connectivity index (χ2n) is 5.91. The molecule has 0 aliphatic heterocycles. The van der Waals surface area contributed by atoms with Crippen molar-refractivity contribution in [1.29, 1.82) is 0 Å². The molecule has 0 radical (unpaired) electrons. The van der Waals surface area contributed by atoms with Crippen LogP contribution >= 0.6 is 11.6 Å². The Morgan fingerprint density at radius 2 is 1.72 bits per heavy atom. The lowest BCUT2D eigenvalue weighted by atomic mass is 10.1. The molecular formula is C17H16ClNO5S. The highest BCUT2D eigenvalue weighted by atomic mass is 35.5. The van der Waals surface area contributed by atoms with Gasteiger partial charge < -0.3 is 15.6 Å². The molecular weight excluding hydrogens is 366 g/mol. The van der Waals surface area contributed by atoms with Crippen LogP contribution in [0.3, 0.4) is 0 Å². The minimum atomic E-state index is -3.94. The highest BCUT2D eigenvalue weighted by Gasteiger charge is 2.74. The fourth-order valence-electron chi connectivity index (χ4n) is 3.10. The number of aliphatic carboxylic acids is 1. The maximum atomic E-state index is 12.9. The first-order valence-electron chi connectivity index (χ1n) is 7.38. The van der Waals surface area contributed by atoms with Gasteiger partial charge in [0.1, 0.15) is 16.5 Å². The van der Waals surface area contributed by atoms with E-state index in [1.54, 1.807) is 24.3 Å². The maximum absolute atomic E-state index is 12.9. The summed E-state index contributed by atoms with van der Waals surface area (Å²) in [7, 11) is -2.44. The van der Waals surface area contributed by atoms with Crippen LogP contribution in [0, 0.1) is 0 Å². The fourth-order valence-corrected chi connectivity index (χ4v) is 5.46. The topological polar surface area (TPSA) is 107 Å². The number of carboxylic acids is 1. The van der Waals surface area contributed by atoms with Crippen LogP contribution in [0.5, 0.6) is 5.75 Å². The van der Waals surface area contributed by atoms with Crippen LogP contribution in [0.1, 0.15) is 11.5 Å². The van der Waals surface area contributed by atoms with Gasteiger partial charge in [-0.3, -0.25) is 4.79 Å². The Bertz CT molecular complexity index is 911. The van der Waals surface area contributed by atoms with Gasteiger partial charge >= 0.3 is 5.97 Å². The van der Waals surface area contributed by atoms with Crippen molar-refractivity contribution in [3.8, 4) is 5.75 Å². The molecule has 0 bridgehead atoms. The fraction of sp³-hybridized carbons (Fsp3) is 0.235. The summed E-state index contributed by atoms with van der Waals surface area (Å²) in [5.41, 5.74) is 4.65. The lowest BCUT2D eigenvalue weighted by molar-refractivity contribution is -0.139. The molecule has 3 atom stereocenters. The summed E-state index contributed by atoms with van der Waals surface area (Å²) in [6.45, 7) is 0. The van der Waals surface area contributed by atoms with Gasteiger partial charge in [-0.05, 0) is 42.0 Å². The Balaban J connectivity index is 2.03. The largest absolute Gasteiger partial charge is 0.497 e. The summed E-state index contributed by atoms with van der Waals surface area (Å²) in [5.74, 6) is -1.62. The van der Waals surface area contributed by atoms with Crippen molar-refractivity contribution < 1.29 is 23.1 Å². The molecule has 3 rings (SSSR count). The smallest absolute Gasteiger partial charge is 0.325 e. The SMILES string of the molecule is COc1ccc([C@@H]2[C@H](S(=O)(=O)c3ccc(Cl)cc3)[C@@]2(N)C(=O)O)cc1. The predicted molar refractivity (Wildman–Crippen MR) is 92.7 cm³/mol. The number of methoxy groups -OCH3 is 1. The molecule has 1 aliphatic carbocycles. The number of hydrogen-bond acceptors (Lipinski definition) is 5. The normalized spacial score (nSPS) is 25.4. The number of halogens is 1. The second-order valence-corrected chi connectivity index (χ2v) is 8.41. The van der Waals surface area contributed by atoms with Gasteiger partial charge in [0, 0.05) is 10.9 Å². The molecule has 132 valence electrons. The zero-order chi connectivity index (χ0) is 18.4. The third-order valence-corrected chi connectivity index (χ3v) is 7.01. The average molecular weight is 382 g/mol. The average Bonchev–Trinajstić information content (AvgIpc) is 3.24. The number of benzene rings is 2. The quantitative estimate of drug-likeness (QED) is 0.821. The summed E-state index contributed by atoms with van der Waals surface area (Å²) in [4.78, 5) is 11.7.